The average Bonchev–Trinajstić information content (AvgIpc) is 2.33. The Bertz CT molecular complexity index is 282. The van der Waals surface area contributed by atoms with Gasteiger partial charge in [0.2, 0.25) is 0 Å². The summed E-state index contributed by atoms with van der Waals surface area (Å²) in [5.41, 5.74) is 0.229. The number of aliphatic hydroxyl groups excluding tert-OH is 1. The predicted molar refractivity (Wildman–Crippen MR) is 39.0 cm³/mol. The topological polar surface area (TPSA) is 38.0 Å². The quantitative estimate of drug-likeness (QED) is 0.759. The van der Waals surface area contributed by atoms with Gasteiger partial charge in [0.1, 0.15) is 0 Å². The molecule has 0 aromatic carbocycles. The monoisotopic (exact) mass is 194 g/mol. The SMILES string of the molecule is Cn1cnc(CC(O)C(F)(F)F)c1. The maximum atomic E-state index is 11.9. The third kappa shape index (κ3) is 2.73. The van der Waals surface area contributed by atoms with Gasteiger partial charge in [-0.2, -0.15) is 13.2 Å². The summed E-state index contributed by atoms with van der Waals surface area (Å²) < 4.78 is 37.1. The fraction of sp³-hybridized carbons (Fsp3) is 0.571. The van der Waals surface area contributed by atoms with E-state index in [0.717, 1.165) is 0 Å². The van der Waals surface area contributed by atoms with Crippen LogP contribution in [0.15, 0.2) is 12.5 Å². The number of imidazole rings is 1. The molecule has 13 heavy (non-hydrogen) atoms. The zero-order valence-electron chi connectivity index (χ0n) is 6.91. The summed E-state index contributed by atoms with van der Waals surface area (Å²) >= 11 is 0. The number of rotatable bonds is 2. The summed E-state index contributed by atoms with van der Waals surface area (Å²) in [6, 6.07) is 0. The highest BCUT2D eigenvalue weighted by atomic mass is 19.4. The van der Waals surface area contributed by atoms with Crippen LogP contribution in [0, 0.1) is 0 Å². The van der Waals surface area contributed by atoms with Gasteiger partial charge in [-0.15, -0.1) is 0 Å². The Hall–Kier alpha value is -1.04. The number of nitrogens with zero attached hydrogens (tertiary/aromatic N) is 2. The molecule has 1 atom stereocenters. The first-order chi connectivity index (χ1) is 5.89. The molecule has 0 saturated carbocycles. The molecule has 1 rings (SSSR count). The zero-order valence-corrected chi connectivity index (χ0v) is 6.91. The van der Waals surface area contributed by atoms with E-state index in [1.165, 1.54) is 17.1 Å². The fourth-order valence-electron chi connectivity index (χ4n) is 0.886. The van der Waals surface area contributed by atoms with E-state index in [1.54, 1.807) is 7.05 Å². The molecule has 1 unspecified atom stereocenters. The minimum Gasteiger partial charge on any atom is -0.383 e. The molecule has 0 aliphatic carbocycles. The van der Waals surface area contributed by atoms with Crippen molar-refractivity contribution in [2.75, 3.05) is 0 Å². The first-order valence-corrected chi connectivity index (χ1v) is 3.61. The lowest BCUT2D eigenvalue weighted by molar-refractivity contribution is -0.203. The number of aryl methyl sites for hydroxylation is 1. The molecule has 1 aromatic rings. The molecular weight excluding hydrogens is 185 g/mol. The second-order valence-electron chi connectivity index (χ2n) is 2.79. The number of halogens is 3. The number of hydrogen-bond donors (Lipinski definition) is 1. The van der Waals surface area contributed by atoms with Gasteiger partial charge in [-0.3, -0.25) is 0 Å². The average molecular weight is 194 g/mol. The largest absolute Gasteiger partial charge is 0.414 e. The standard InChI is InChI=1S/C7H9F3N2O/c1-12-3-5(11-4-12)2-6(13)7(8,9)10/h3-4,6,13H,2H2,1H3. The first kappa shape index (κ1) is 10.0. The van der Waals surface area contributed by atoms with E-state index in [-0.39, 0.29) is 5.69 Å². The molecule has 0 radical (unpaired) electrons. The van der Waals surface area contributed by atoms with Gasteiger partial charge >= 0.3 is 6.18 Å². The molecule has 3 nitrogen and oxygen atoms in total. The fourth-order valence-corrected chi connectivity index (χ4v) is 0.886. The second kappa shape index (κ2) is 3.37. The Balaban J connectivity index is 2.60. The Morgan fingerprint density at radius 1 is 1.62 bits per heavy atom. The zero-order chi connectivity index (χ0) is 10.1. The molecule has 1 aromatic heterocycles. The van der Waals surface area contributed by atoms with E-state index in [1.807, 2.05) is 0 Å². The maximum absolute atomic E-state index is 11.9. The summed E-state index contributed by atoms with van der Waals surface area (Å²) in [5.74, 6) is 0. The van der Waals surface area contributed by atoms with E-state index in [0.29, 0.717) is 0 Å². The van der Waals surface area contributed by atoms with Gasteiger partial charge in [0.15, 0.2) is 6.10 Å². The van der Waals surface area contributed by atoms with Crippen LogP contribution in [0.1, 0.15) is 5.69 Å². The maximum Gasteiger partial charge on any atom is 0.414 e. The summed E-state index contributed by atoms with van der Waals surface area (Å²) in [7, 11) is 1.65. The highest BCUT2D eigenvalue weighted by molar-refractivity contribution is 4.98. The second-order valence-corrected chi connectivity index (χ2v) is 2.79. The number of aromatic nitrogens is 2. The van der Waals surface area contributed by atoms with Crippen molar-refractivity contribution >= 4 is 0 Å². The van der Waals surface area contributed by atoms with E-state index in [9.17, 15) is 13.2 Å². The van der Waals surface area contributed by atoms with Crippen molar-refractivity contribution in [3.8, 4) is 0 Å². The molecule has 74 valence electrons. The van der Waals surface area contributed by atoms with Gasteiger partial charge in [-0.05, 0) is 0 Å². The van der Waals surface area contributed by atoms with Gasteiger partial charge in [0.05, 0.1) is 12.0 Å². The number of hydrogen-bond acceptors (Lipinski definition) is 2. The Morgan fingerprint density at radius 2 is 2.23 bits per heavy atom. The Kier molecular flexibility index (Phi) is 2.60. The molecule has 0 spiro atoms. The summed E-state index contributed by atoms with van der Waals surface area (Å²) in [5, 5.41) is 8.67. The third-order valence-corrected chi connectivity index (χ3v) is 1.54. The minimum atomic E-state index is -4.57. The number of alkyl halides is 3. The van der Waals surface area contributed by atoms with Crippen LogP contribution in [0.3, 0.4) is 0 Å². The van der Waals surface area contributed by atoms with Gasteiger partial charge in [-0.25, -0.2) is 4.98 Å². The highest BCUT2D eigenvalue weighted by Gasteiger charge is 2.38. The van der Waals surface area contributed by atoms with E-state index >= 15 is 0 Å². The molecule has 6 heteroatoms. The minimum absolute atomic E-state index is 0.229. The van der Waals surface area contributed by atoms with Crippen molar-refractivity contribution in [1.29, 1.82) is 0 Å². The van der Waals surface area contributed by atoms with Crippen LogP contribution in [0.4, 0.5) is 13.2 Å². The molecule has 0 aliphatic heterocycles. The highest BCUT2D eigenvalue weighted by Crippen LogP contribution is 2.22. The van der Waals surface area contributed by atoms with Crippen molar-refractivity contribution < 1.29 is 18.3 Å². The molecule has 0 amide bonds. The molecule has 1 N–H and O–H groups in total. The van der Waals surface area contributed by atoms with Gasteiger partial charge in [0, 0.05) is 19.7 Å². The van der Waals surface area contributed by atoms with Gasteiger partial charge in [0.25, 0.3) is 0 Å². The van der Waals surface area contributed by atoms with Crippen LogP contribution in [-0.4, -0.2) is 26.9 Å². The van der Waals surface area contributed by atoms with Crippen LogP contribution in [0.25, 0.3) is 0 Å². The van der Waals surface area contributed by atoms with Crippen molar-refractivity contribution in [2.24, 2.45) is 7.05 Å². The van der Waals surface area contributed by atoms with Crippen molar-refractivity contribution in [2.45, 2.75) is 18.7 Å². The first-order valence-electron chi connectivity index (χ1n) is 3.61. The molecule has 0 fully saturated rings. The van der Waals surface area contributed by atoms with Crippen LogP contribution in [-0.2, 0) is 13.5 Å². The van der Waals surface area contributed by atoms with Crippen LogP contribution in [0.2, 0.25) is 0 Å². The predicted octanol–water partition coefficient (Wildman–Crippen LogP) is 0.886. The third-order valence-electron chi connectivity index (χ3n) is 1.54. The van der Waals surface area contributed by atoms with Crippen LogP contribution < -0.4 is 0 Å². The normalized spacial score (nSPS) is 14.5. The lowest BCUT2D eigenvalue weighted by Gasteiger charge is -2.12. The lowest BCUT2D eigenvalue weighted by atomic mass is 10.2. The summed E-state index contributed by atoms with van der Waals surface area (Å²) in [6.45, 7) is 0. The Morgan fingerprint density at radius 3 is 2.62 bits per heavy atom. The van der Waals surface area contributed by atoms with Gasteiger partial charge < -0.3 is 9.67 Å². The summed E-state index contributed by atoms with van der Waals surface area (Å²) in [4.78, 5) is 3.67. The van der Waals surface area contributed by atoms with Crippen molar-refractivity contribution in [1.82, 2.24) is 9.55 Å². The Labute approximate surface area is 72.8 Å². The molecule has 0 bridgehead atoms. The lowest BCUT2D eigenvalue weighted by Crippen LogP contribution is -2.30. The van der Waals surface area contributed by atoms with Crippen molar-refractivity contribution in [3.05, 3.63) is 18.2 Å². The van der Waals surface area contributed by atoms with Crippen LogP contribution in [0.5, 0.6) is 0 Å². The van der Waals surface area contributed by atoms with E-state index < -0.39 is 18.7 Å². The van der Waals surface area contributed by atoms with E-state index in [2.05, 4.69) is 4.98 Å². The number of aliphatic hydroxyl groups is 1. The van der Waals surface area contributed by atoms with Crippen molar-refractivity contribution in [3.63, 3.8) is 0 Å². The van der Waals surface area contributed by atoms with Crippen LogP contribution >= 0.6 is 0 Å². The molecule has 0 aliphatic rings. The van der Waals surface area contributed by atoms with E-state index in [4.69, 9.17) is 5.11 Å². The summed E-state index contributed by atoms with van der Waals surface area (Å²) in [6.07, 6.45) is -4.57. The van der Waals surface area contributed by atoms with Gasteiger partial charge in [-0.1, -0.05) is 0 Å². The smallest absolute Gasteiger partial charge is 0.383 e. The molecule has 0 saturated heterocycles. The molecule has 1 heterocycles. The molecular formula is C7H9F3N2O.